The number of hydrogen-bond acceptors (Lipinski definition) is 2. The van der Waals surface area contributed by atoms with Crippen molar-refractivity contribution < 1.29 is 0 Å². The number of nitriles is 1. The summed E-state index contributed by atoms with van der Waals surface area (Å²) in [5.74, 6) is 1.07. The molecule has 2 rings (SSSR count). The lowest BCUT2D eigenvalue weighted by atomic mass is 9.96. The van der Waals surface area contributed by atoms with Gasteiger partial charge in [-0.05, 0) is 36.3 Å². The minimum Gasteiger partial charge on any atom is -0.197 e. The van der Waals surface area contributed by atoms with Gasteiger partial charge in [-0.15, -0.1) is 11.8 Å². The molecule has 1 fully saturated rings. The highest BCUT2D eigenvalue weighted by Crippen LogP contribution is 2.41. The molecule has 84 valence electrons. The summed E-state index contributed by atoms with van der Waals surface area (Å²) < 4.78 is -0.280. The highest BCUT2D eigenvalue weighted by atomic mass is 35.5. The summed E-state index contributed by atoms with van der Waals surface area (Å²) in [6.45, 7) is 0. The minimum atomic E-state index is -0.280. The third-order valence-electron chi connectivity index (χ3n) is 2.80. The highest BCUT2D eigenvalue weighted by molar-refractivity contribution is 8.01. The van der Waals surface area contributed by atoms with Crippen LogP contribution in [0.2, 0.25) is 10.0 Å². The topological polar surface area (TPSA) is 23.8 Å². The van der Waals surface area contributed by atoms with Crippen LogP contribution in [0.3, 0.4) is 0 Å². The van der Waals surface area contributed by atoms with Gasteiger partial charge in [0.1, 0.15) is 4.75 Å². The van der Waals surface area contributed by atoms with Crippen molar-refractivity contribution in [3.8, 4) is 6.07 Å². The molecule has 0 amide bonds. The van der Waals surface area contributed by atoms with E-state index < -0.39 is 0 Å². The first kappa shape index (κ1) is 12.1. The van der Waals surface area contributed by atoms with Gasteiger partial charge in [-0.1, -0.05) is 29.3 Å². The molecule has 0 radical (unpaired) electrons. The fourth-order valence-electron chi connectivity index (χ4n) is 1.94. The Labute approximate surface area is 110 Å². The lowest BCUT2D eigenvalue weighted by Crippen LogP contribution is -2.21. The fraction of sp³-hybridized carbons (Fsp3) is 0.417. The summed E-state index contributed by atoms with van der Waals surface area (Å²) >= 11 is 13.7. The number of hydrogen-bond donors (Lipinski definition) is 0. The lowest BCUT2D eigenvalue weighted by molar-refractivity contribution is 0.672. The van der Waals surface area contributed by atoms with E-state index in [1.165, 1.54) is 0 Å². The normalized spacial score (nSPS) is 24.3. The molecule has 1 aromatic rings. The number of rotatable bonds is 2. The van der Waals surface area contributed by atoms with Gasteiger partial charge in [-0.3, -0.25) is 0 Å². The predicted molar refractivity (Wildman–Crippen MR) is 70.2 cm³/mol. The summed E-state index contributed by atoms with van der Waals surface area (Å²) in [5.41, 5.74) is 1.02. The molecule has 1 heterocycles. The van der Waals surface area contributed by atoms with Crippen LogP contribution in [0.5, 0.6) is 0 Å². The molecular weight excluding hydrogens is 261 g/mol. The second-order valence-corrected chi connectivity index (χ2v) is 6.29. The van der Waals surface area contributed by atoms with Gasteiger partial charge in [-0.2, -0.15) is 5.26 Å². The van der Waals surface area contributed by atoms with Crippen molar-refractivity contribution in [2.24, 2.45) is 0 Å². The Morgan fingerprint density at radius 1 is 1.44 bits per heavy atom. The Bertz CT molecular complexity index is 433. The van der Waals surface area contributed by atoms with Gasteiger partial charge >= 0.3 is 0 Å². The van der Waals surface area contributed by atoms with E-state index in [-0.39, 0.29) is 4.75 Å². The van der Waals surface area contributed by atoms with Crippen LogP contribution < -0.4 is 0 Å². The summed E-state index contributed by atoms with van der Waals surface area (Å²) in [5, 5.41) is 10.6. The quantitative estimate of drug-likeness (QED) is 0.800. The molecular formula is C12H11Cl2NS. The Hall–Kier alpha value is -0.360. The van der Waals surface area contributed by atoms with Gasteiger partial charge in [0.15, 0.2) is 0 Å². The van der Waals surface area contributed by atoms with E-state index in [9.17, 15) is 5.26 Å². The largest absolute Gasteiger partial charge is 0.197 e. The zero-order valence-electron chi connectivity index (χ0n) is 8.67. The van der Waals surface area contributed by atoms with Crippen LogP contribution >= 0.6 is 35.0 Å². The second kappa shape index (κ2) is 4.87. The predicted octanol–water partition coefficient (Wildman–Crippen LogP) is 4.33. The van der Waals surface area contributed by atoms with Crippen molar-refractivity contribution in [2.45, 2.75) is 24.0 Å². The first-order chi connectivity index (χ1) is 7.65. The molecule has 1 nitrogen and oxygen atoms in total. The number of thioether (sulfide) groups is 1. The van der Waals surface area contributed by atoms with E-state index in [0.29, 0.717) is 16.5 Å². The molecule has 0 aliphatic carbocycles. The average Bonchev–Trinajstić information content (AvgIpc) is 2.72. The average molecular weight is 272 g/mol. The zero-order chi connectivity index (χ0) is 11.6. The second-order valence-electron chi connectivity index (χ2n) is 3.97. The van der Waals surface area contributed by atoms with E-state index in [4.69, 9.17) is 23.2 Å². The van der Waals surface area contributed by atoms with Crippen LogP contribution in [0.15, 0.2) is 18.2 Å². The van der Waals surface area contributed by atoms with Crippen molar-refractivity contribution in [1.29, 1.82) is 5.26 Å². The molecule has 1 unspecified atom stereocenters. The van der Waals surface area contributed by atoms with Crippen LogP contribution in [0, 0.1) is 11.3 Å². The molecule has 1 atom stereocenters. The van der Waals surface area contributed by atoms with Gasteiger partial charge in [0.2, 0.25) is 0 Å². The smallest absolute Gasteiger partial charge is 0.106 e. The van der Waals surface area contributed by atoms with Crippen molar-refractivity contribution in [3.63, 3.8) is 0 Å². The van der Waals surface area contributed by atoms with E-state index in [1.54, 1.807) is 17.8 Å². The van der Waals surface area contributed by atoms with Gasteiger partial charge in [0.05, 0.1) is 6.07 Å². The van der Waals surface area contributed by atoms with E-state index in [2.05, 4.69) is 6.07 Å². The molecule has 1 aromatic carbocycles. The van der Waals surface area contributed by atoms with Crippen LogP contribution in [-0.4, -0.2) is 10.5 Å². The molecule has 0 saturated carbocycles. The summed E-state index contributed by atoms with van der Waals surface area (Å²) in [4.78, 5) is 0. The SMILES string of the molecule is N#CC1(Cc2ccc(Cl)cc2Cl)CCCS1. The van der Waals surface area contributed by atoms with Crippen LogP contribution in [0.4, 0.5) is 0 Å². The maximum Gasteiger partial charge on any atom is 0.106 e. The maximum atomic E-state index is 9.28. The van der Waals surface area contributed by atoms with Crippen molar-refractivity contribution in [2.75, 3.05) is 5.75 Å². The fourth-order valence-corrected chi connectivity index (χ4v) is 3.70. The highest BCUT2D eigenvalue weighted by Gasteiger charge is 2.35. The van der Waals surface area contributed by atoms with E-state index >= 15 is 0 Å². The molecule has 0 aromatic heterocycles. The first-order valence-corrected chi connectivity index (χ1v) is 6.88. The van der Waals surface area contributed by atoms with Crippen molar-refractivity contribution in [1.82, 2.24) is 0 Å². The van der Waals surface area contributed by atoms with E-state index in [1.807, 2.05) is 12.1 Å². The molecule has 0 bridgehead atoms. The Morgan fingerprint density at radius 2 is 2.25 bits per heavy atom. The molecule has 0 N–H and O–H groups in total. The van der Waals surface area contributed by atoms with Gasteiger partial charge in [0.25, 0.3) is 0 Å². The molecule has 1 saturated heterocycles. The number of halogens is 2. The summed E-state index contributed by atoms with van der Waals surface area (Å²) in [7, 11) is 0. The molecule has 4 heteroatoms. The van der Waals surface area contributed by atoms with Gasteiger partial charge < -0.3 is 0 Å². The Balaban J connectivity index is 2.23. The third-order valence-corrected chi connectivity index (χ3v) is 4.87. The first-order valence-electron chi connectivity index (χ1n) is 5.14. The Kier molecular flexibility index (Phi) is 3.69. The van der Waals surface area contributed by atoms with Crippen LogP contribution in [0.1, 0.15) is 18.4 Å². The molecule has 16 heavy (non-hydrogen) atoms. The van der Waals surface area contributed by atoms with Gasteiger partial charge in [-0.25, -0.2) is 0 Å². The zero-order valence-corrected chi connectivity index (χ0v) is 11.0. The monoisotopic (exact) mass is 271 g/mol. The maximum absolute atomic E-state index is 9.28. The summed E-state index contributed by atoms with van der Waals surface area (Å²) in [6, 6.07) is 7.92. The third kappa shape index (κ3) is 2.48. The molecule has 0 spiro atoms. The lowest BCUT2D eigenvalue weighted by Gasteiger charge is -2.19. The standard InChI is InChI=1S/C12H11Cl2NS/c13-10-3-2-9(11(14)6-10)7-12(8-15)4-1-5-16-12/h2-3,6H,1,4-5,7H2. The van der Waals surface area contributed by atoms with Crippen LogP contribution in [-0.2, 0) is 6.42 Å². The van der Waals surface area contributed by atoms with Crippen molar-refractivity contribution in [3.05, 3.63) is 33.8 Å². The minimum absolute atomic E-state index is 0.280. The van der Waals surface area contributed by atoms with Gasteiger partial charge in [0, 0.05) is 16.5 Å². The summed E-state index contributed by atoms with van der Waals surface area (Å²) in [6.07, 6.45) is 2.78. The number of benzene rings is 1. The van der Waals surface area contributed by atoms with Crippen molar-refractivity contribution >= 4 is 35.0 Å². The number of nitrogens with zero attached hydrogens (tertiary/aromatic N) is 1. The molecule has 1 aliphatic rings. The van der Waals surface area contributed by atoms with E-state index in [0.717, 1.165) is 24.2 Å². The Morgan fingerprint density at radius 3 is 2.81 bits per heavy atom. The van der Waals surface area contributed by atoms with Crippen LogP contribution in [0.25, 0.3) is 0 Å². The molecule has 1 aliphatic heterocycles.